The van der Waals surface area contributed by atoms with Gasteiger partial charge in [0, 0.05) is 25.2 Å². The standard InChI is InChI=1S/C21H24N4O6S3/c1-2-9-25-18-8-7-17(33(22,27)28)14-19(18)32-21(25)23-20(26)15-3-5-16(6-4-15)34(29,30)24-10-12-31-13-11-24/h3-8,14H,2,9-13H2,1H3,(H2,22,27,28). The number of nitrogens with zero attached hydrogens (tertiary/aromatic N) is 3. The molecule has 0 atom stereocenters. The van der Waals surface area contributed by atoms with Gasteiger partial charge in [0.05, 0.1) is 33.2 Å². The van der Waals surface area contributed by atoms with Crippen LogP contribution in [0.4, 0.5) is 0 Å². The summed E-state index contributed by atoms with van der Waals surface area (Å²) in [4.78, 5) is 17.6. The van der Waals surface area contributed by atoms with Gasteiger partial charge < -0.3 is 9.30 Å². The van der Waals surface area contributed by atoms with Crippen molar-refractivity contribution in [1.29, 1.82) is 0 Å². The number of benzene rings is 2. The lowest BCUT2D eigenvalue weighted by atomic mass is 10.2. The summed E-state index contributed by atoms with van der Waals surface area (Å²) in [5, 5.41) is 5.24. The van der Waals surface area contributed by atoms with Crippen molar-refractivity contribution < 1.29 is 26.4 Å². The summed E-state index contributed by atoms with van der Waals surface area (Å²) in [5.41, 5.74) is 0.990. The minimum atomic E-state index is -3.86. The summed E-state index contributed by atoms with van der Waals surface area (Å²) in [6.45, 7) is 3.83. The summed E-state index contributed by atoms with van der Waals surface area (Å²) >= 11 is 1.18. The van der Waals surface area contributed by atoms with E-state index in [1.165, 1.54) is 52.0 Å². The molecule has 13 heteroatoms. The largest absolute Gasteiger partial charge is 0.379 e. The normalized spacial score (nSPS) is 16.2. The van der Waals surface area contributed by atoms with Crippen LogP contribution in [0.5, 0.6) is 0 Å². The Hall–Kier alpha value is -2.42. The number of fused-ring (bicyclic) bond motifs is 1. The number of carbonyl (C=O) groups excluding carboxylic acids is 1. The number of primary sulfonamides is 1. The number of sulfonamides is 2. The van der Waals surface area contributed by atoms with Gasteiger partial charge in [0.2, 0.25) is 20.0 Å². The first-order valence-corrected chi connectivity index (χ1v) is 14.3. The van der Waals surface area contributed by atoms with Crippen molar-refractivity contribution >= 4 is 47.5 Å². The number of rotatable bonds is 6. The van der Waals surface area contributed by atoms with Crippen molar-refractivity contribution in [2.24, 2.45) is 10.1 Å². The Balaban J connectivity index is 1.68. The minimum Gasteiger partial charge on any atom is -0.379 e. The lowest BCUT2D eigenvalue weighted by molar-refractivity contribution is 0.0730. The Labute approximate surface area is 201 Å². The van der Waals surface area contributed by atoms with Crippen LogP contribution in [0.3, 0.4) is 0 Å². The zero-order valence-electron chi connectivity index (χ0n) is 18.4. The first-order valence-electron chi connectivity index (χ1n) is 10.5. The van der Waals surface area contributed by atoms with E-state index in [4.69, 9.17) is 9.88 Å². The van der Waals surface area contributed by atoms with Gasteiger partial charge in [-0.25, -0.2) is 22.0 Å². The fraction of sp³-hybridized carbons (Fsp3) is 0.333. The molecule has 34 heavy (non-hydrogen) atoms. The quantitative estimate of drug-likeness (QED) is 0.518. The van der Waals surface area contributed by atoms with Crippen molar-refractivity contribution in [2.75, 3.05) is 26.3 Å². The second kappa shape index (κ2) is 9.68. The van der Waals surface area contributed by atoms with Gasteiger partial charge in [-0.15, -0.1) is 0 Å². The third-order valence-corrected chi connectivity index (χ3v) is 9.20. The van der Waals surface area contributed by atoms with Crippen molar-refractivity contribution in [3.05, 3.63) is 52.8 Å². The van der Waals surface area contributed by atoms with Gasteiger partial charge in [0.1, 0.15) is 0 Å². The molecule has 10 nitrogen and oxygen atoms in total. The summed E-state index contributed by atoms with van der Waals surface area (Å²) in [6.07, 6.45) is 0.776. The fourth-order valence-corrected chi connectivity index (χ4v) is 6.73. The van der Waals surface area contributed by atoms with Gasteiger partial charge in [0.15, 0.2) is 4.80 Å². The van der Waals surface area contributed by atoms with E-state index in [0.29, 0.717) is 29.3 Å². The van der Waals surface area contributed by atoms with Gasteiger partial charge in [-0.3, -0.25) is 4.79 Å². The van der Waals surface area contributed by atoms with Crippen LogP contribution < -0.4 is 9.94 Å². The maximum absolute atomic E-state index is 12.9. The molecule has 1 saturated heterocycles. The second-order valence-corrected chi connectivity index (χ2v) is 12.2. The Bertz CT molecular complexity index is 1500. The SMILES string of the molecule is CCCn1c(=NC(=O)c2ccc(S(=O)(=O)N3CCOCC3)cc2)sc2cc(S(N)(=O)=O)ccc21. The summed E-state index contributed by atoms with van der Waals surface area (Å²) in [7, 11) is -7.52. The van der Waals surface area contributed by atoms with Crippen LogP contribution >= 0.6 is 11.3 Å². The number of thiazole rings is 1. The highest BCUT2D eigenvalue weighted by Gasteiger charge is 2.26. The number of hydrogen-bond acceptors (Lipinski definition) is 7. The number of aromatic nitrogens is 1. The zero-order valence-corrected chi connectivity index (χ0v) is 20.8. The molecule has 3 aromatic rings. The predicted molar refractivity (Wildman–Crippen MR) is 127 cm³/mol. The number of ether oxygens (including phenoxy) is 1. The lowest BCUT2D eigenvalue weighted by Crippen LogP contribution is -2.40. The Morgan fingerprint density at radius 3 is 2.32 bits per heavy atom. The maximum atomic E-state index is 12.9. The molecule has 0 unspecified atom stereocenters. The smallest absolute Gasteiger partial charge is 0.279 e. The van der Waals surface area contributed by atoms with E-state index in [-0.39, 0.29) is 28.4 Å². The molecule has 0 aliphatic carbocycles. The van der Waals surface area contributed by atoms with Gasteiger partial charge in [-0.05, 0) is 48.9 Å². The molecule has 2 heterocycles. The van der Waals surface area contributed by atoms with E-state index in [9.17, 15) is 21.6 Å². The van der Waals surface area contributed by atoms with Crippen LogP contribution in [0.15, 0.2) is 57.2 Å². The fourth-order valence-electron chi connectivity index (χ4n) is 3.61. The van der Waals surface area contributed by atoms with E-state index >= 15 is 0 Å². The number of aryl methyl sites for hydroxylation is 1. The molecule has 1 fully saturated rings. The minimum absolute atomic E-state index is 0.0140. The number of hydrogen-bond donors (Lipinski definition) is 1. The van der Waals surface area contributed by atoms with Gasteiger partial charge in [-0.1, -0.05) is 18.3 Å². The number of carbonyl (C=O) groups is 1. The lowest BCUT2D eigenvalue weighted by Gasteiger charge is -2.26. The number of amides is 1. The van der Waals surface area contributed by atoms with E-state index < -0.39 is 26.0 Å². The van der Waals surface area contributed by atoms with Crippen molar-refractivity contribution in [3.8, 4) is 0 Å². The molecule has 0 saturated carbocycles. The summed E-state index contributed by atoms with van der Waals surface area (Å²) < 4.78 is 58.0. The van der Waals surface area contributed by atoms with Crippen LogP contribution in [0, 0.1) is 0 Å². The highest BCUT2D eigenvalue weighted by molar-refractivity contribution is 7.89. The van der Waals surface area contributed by atoms with Gasteiger partial charge in [0.25, 0.3) is 5.91 Å². The van der Waals surface area contributed by atoms with Crippen LogP contribution in [0.1, 0.15) is 23.7 Å². The average Bonchev–Trinajstić information content (AvgIpc) is 3.15. The number of morpholine rings is 1. The molecule has 0 bridgehead atoms. The molecular formula is C21H24N4O6S3. The van der Waals surface area contributed by atoms with Gasteiger partial charge in [-0.2, -0.15) is 9.30 Å². The second-order valence-electron chi connectivity index (χ2n) is 7.67. The van der Waals surface area contributed by atoms with Crippen LogP contribution in [-0.2, 0) is 31.3 Å². The molecular weight excluding hydrogens is 500 g/mol. The van der Waals surface area contributed by atoms with E-state index in [1.807, 2.05) is 11.5 Å². The Morgan fingerprint density at radius 2 is 1.71 bits per heavy atom. The predicted octanol–water partition coefficient (Wildman–Crippen LogP) is 1.52. The maximum Gasteiger partial charge on any atom is 0.279 e. The van der Waals surface area contributed by atoms with Crippen LogP contribution in [0.2, 0.25) is 0 Å². The van der Waals surface area contributed by atoms with E-state index in [0.717, 1.165) is 11.9 Å². The van der Waals surface area contributed by atoms with Crippen LogP contribution in [-0.4, -0.2) is 57.9 Å². The van der Waals surface area contributed by atoms with E-state index in [2.05, 4.69) is 4.99 Å². The first-order chi connectivity index (χ1) is 16.1. The van der Waals surface area contributed by atoms with Crippen molar-refractivity contribution in [2.45, 2.75) is 29.7 Å². The zero-order chi connectivity index (χ0) is 24.5. The third-order valence-electron chi connectivity index (χ3n) is 5.34. The van der Waals surface area contributed by atoms with Crippen molar-refractivity contribution in [3.63, 3.8) is 0 Å². The molecule has 1 amide bonds. The highest BCUT2D eigenvalue weighted by Crippen LogP contribution is 2.22. The van der Waals surface area contributed by atoms with Gasteiger partial charge >= 0.3 is 0 Å². The Kier molecular flexibility index (Phi) is 7.03. The highest BCUT2D eigenvalue weighted by atomic mass is 32.2. The molecule has 2 N–H and O–H groups in total. The summed E-state index contributed by atoms with van der Waals surface area (Å²) in [5.74, 6) is -0.529. The molecule has 1 aromatic heterocycles. The van der Waals surface area contributed by atoms with E-state index in [1.54, 1.807) is 6.07 Å². The molecule has 182 valence electrons. The van der Waals surface area contributed by atoms with Crippen LogP contribution in [0.25, 0.3) is 10.2 Å². The molecule has 1 aliphatic rings. The average molecular weight is 525 g/mol. The first kappa shape index (κ1) is 24.7. The van der Waals surface area contributed by atoms with Crippen molar-refractivity contribution in [1.82, 2.24) is 8.87 Å². The molecule has 1 aliphatic heterocycles. The third kappa shape index (κ3) is 4.99. The topological polar surface area (TPSA) is 141 Å². The molecule has 0 radical (unpaired) electrons. The molecule has 2 aromatic carbocycles. The number of nitrogens with two attached hydrogens (primary N) is 1. The Morgan fingerprint density at radius 1 is 1.06 bits per heavy atom. The monoisotopic (exact) mass is 524 g/mol. The molecule has 4 rings (SSSR count). The summed E-state index contributed by atoms with van der Waals surface area (Å²) in [6, 6.07) is 10.2. The molecule has 0 spiro atoms.